The van der Waals surface area contributed by atoms with Crippen LogP contribution in [0.5, 0.6) is 5.75 Å². The molecule has 168 valence electrons. The van der Waals surface area contributed by atoms with E-state index in [0.29, 0.717) is 12.8 Å². The highest BCUT2D eigenvalue weighted by Gasteiger charge is 2.28. The van der Waals surface area contributed by atoms with Crippen LogP contribution in [0, 0.1) is 23.3 Å². The molecule has 0 aromatic heterocycles. The lowest BCUT2D eigenvalue weighted by Crippen LogP contribution is -2.22. The number of allylic oxidation sites excluding steroid dienone is 1. The molecule has 1 fully saturated rings. The Hall–Kier alpha value is -2.34. The largest absolute Gasteiger partial charge is 0.462 e. The molecule has 6 heteroatoms. The number of hydrogen-bond donors (Lipinski definition) is 0. The Morgan fingerprint density at radius 2 is 1.52 bits per heavy atom. The van der Waals surface area contributed by atoms with E-state index >= 15 is 0 Å². The second-order valence-electron chi connectivity index (χ2n) is 7.85. The molecule has 0 atom stereocenters. The minimum absolute atomic E-state index is 0.118. The maximum Gasteiger partial charge on any atom is 0.201 e. The average molecular weight is 436 g/mol. The van der Waals surface area contributed by atoms with Crippen LogP contribution in [0.15, 0.2) is 36.6 Å². The van der Waals surface area contributed by atoms with Gasteiger partial charge in [0.25, 0.3) is 0 Å². The van der Waals surface area contributed by atoms with E-state index in [1.165, 1.54) is 36.6 Å². The number of halogens is 4. The molecule has 1 aliphatic carbocycles. The standard InChI is InChI=1S/C25H28F4O2/c1-3-5-15-30-17-8-6-16(7-9-17)18-10-11-19(23(27)22(18)26)20-12-13-21(31-14-4-2)25(29)24(20)28/h4,10-14,16-17H,3,5-9,15H2,1-2H3. The third-order valence-electron chi connectivity index (χ3n) is 5.75. The van der Waals surface area contributed by atoms with Crippen LogP contribution in [0.25, 0.3) is 11.1 Å². The van der Waals surface area contributed by atoms with E-state index in [4.69, 9.17) is 9.47 Å². The van der Waals surface area contributed by atoms with Gasteiger partial charge in [0, 0.05) is 17.7 Å². The normalized spacial score (nSPS) is 19.2. The molecule has 2 nitrogen and oxygen atoms in total. The van der Waals surface area contributed by atoms with Crippen molar-refractivity contribution in [3.63, 3.8) is 0 Å². The zero-order valence-electron chi connectivity index (χ0n) is 17.9. The molecule has 0 saturated heterocycles. The number of unbranched alkanes of at least 4 members (excludes halogenated alkanes) is 1. The van der Waals surface area contributed by atoms with Crippen LogP contribution in [-0.4, -0.2) is 12.7 Å². The lowest BCUT2D eigenvalue weighted by molar-refractivity contribution is 0.0230. The van der Waals surface area contributed by atoms with E-state index in [-0.39, 0.29) is 34.5 Å². The lowest BCUT2D eigenvalue weighted by atomic mass is 9.82. The molecule has 0 N–H and O–H groups in total. The monoisotopic (exact) mass is 436 g/mol. The van der Waals surface area contributed by atoms with E-state index in [9.17, 15) is 17.6 Å². The van der Waals surface area contributed by atoms with E-state index in [0.717, 1.165) is 32.3 Å². The number of hydrogen-bond acceptors (Lipinski definition) is 2. The maximum absolute atomic E-state index is 14.9. The first-order valence-electron chi connectivity index (χ1n) is 10.8. The van der Waals surface area contributed by atoms with E-state index < -0.39 is 23.3 Å². The fourth-order valence-corrected chi connectivity index (χ4v) is 3.99. The first kappa shape index (κ1) is 23.3. The summed E-state index contributed by atoms with van der Waals surface area (Å²) in [7, 11) is 0. The maximum atomic E-state index is 14.9. The molecule has 0 heterocycles. The molecule has 1 aliphatic rings. The smallest absolute Gasteiger partial charge is 0.201 e. The summed E-state index contributed by atoms with van der Waals surface area (Å²) in [5.41, 5.74) is -0.379. The molecule has 0 spiro atoms. The van der Waals surface area contributed by atoms with Crippen LogP contribution in [0.3, 0.4) is 0 Å². The van der Waals surface area contributed by atoms with Crippen molar-refractivity contribution in [3.05, 3.63) is 65.4 Å². The highest BCUT2D eigenvalue weighted by molar-refractivity contribution is 5.66. The molecule has 2 aromatic carbocycles. The minimum atomic E-state index is -1.28. The predicted octanol–water partition coefficient (Wildman–Crippen LogP) is 7.67. The van der Waals surface area contributed by atoms with Crippen LogP contribution in [-0.2, 0) is 4.74 Å². The summed E-state index contributed by atoms with van der Waals surface area (Å²) in [5, 5.41) is 0. The molecule has 0 aliphatic heterocycles. The third-order valence-corrected chi connectivity index (χ3v) is 5.75. The Morgan fingerprint density at radius 3 is 2.16 bits per heavy atom. The van der Waals surface area contributed by atoms with Gasteiger partial charge in [0.2, 0.25) is 5.82 Å². The Balaban J connectivity index is 1.78. The van der Waals surface area contributed by atoms with Gasteiger partial charge in [-0.2, -0.15) is 4.39 Å². The highest BCUT2D eigenvalue weighted by atomic mass is 19.2. The Morgan fingerprint density at radius 1 is 0.871 bits per heavy atom. The fraction of sp³-hybridized carbons (Fsp3) is 0.440. The molecule has 1 saturated carbocycles. The minimum Gasteiger partial charge on any atom is -0.462 e. The molecule has 31 heavy (non-hydrogen) atoms. The first-order chi connectivity index (χ1) is 15.0. The molecule has 0 radical (unpaired) electrons. The van der Waals surface area contributed by atoms with Crippen LogP contribution in [0.4, 0.5) is 17.6 Å². The van der Waals surface area contributed by atoms with Gasteiger partial charge in [-0.3, -0.25) is 0 Å². The van der Waals surface area contributed by atoms with Crippen LogP contribution in [0.1, 0.15) is 63.9 Å². The summed E-state index contributed by atoms with van der Waals surface area (Å²) in [6.45, 7) is 4.49. The topological polar surface area (TPSA) is 18.5 Å². The van der Waals surface area contributed by atoms with Crippen molar-refractivity contribution >= 4 is 0 Å². The van der Waals surface area contributed by atoms with Crippen molar-refractivity contribution in [2.24, 2.45) is 0 Å². The van der Waals surface area contributed by atoms with Crippen molar-refractivity contribution in [2.45, 2.75) is 64.4 Å². The summed E-state index contributed by atoms with van der Waals surface area (Å²) in [6.07, 6.45) is 7.97. The molecular weight excluding hydrogens is 408 g/mol. The third kappa shape index (κ3) is 5.29. The Labute approximate surface area is 180 Å². The van der Waals surface area contributed by atoms with Gasteiger partial charge in [0.05, 0.1) is 12.4 Å². The van der Waals surface area contributed by atoms with Crippen molar-refractivity contribution in [2.75, 3.05) is 6.61 Å². The SMILES string of the molecule is CC=COc1ccc(-c2ccc(C3CCC(OCCCC)CC3)c(F)c2F)c(F)c1F. The zero-order chi connectivity index (χ0) is 22.4. The van der Waals surface area contributed by atoms with Crippen LogP contribution in [0.2, 0.25) is 0 Å². The van der Waals surface area contributed by atoms with Gasteiger partial charge in [-0.15, -0.1) is 0 Å². The summed E-state index contributed by atoms with van der Waals surface area (Å²) in [6, 6.07) is 5.19. The van der Waals surface area contributed by atoms with E-state index in [1.807, 2.05) is 0 Å². The van der Waals surface area contributed by atoms with E-state index in [1.54, 1.807) is 6.92 Å². The quantitative estimate of drug-likeness (QED) is 0.240. The van der Waals surface area contributed by atoms with Gasteiger partial charge in [-0.05, 0) is 62.6 Å². The van der Waals surface area contributed by atoms with Gasteiger partial charge in [0.15, 0.2) is 23.2 Å². The fourth-order valence-electron chi connectivity index (χ4n) is 3.99. The molecule has 2 aromatic rings. The first-order valence-corrected chi connectivity index (χ1v) is 10.8. The molecule has 3 rings (SSSR count). The van der Waals surface area contributed by atoms with Gasteiger partial charge < -0.3 is 9.47 Å². The van der Waals surface area contributed by atoms with Crippen molar-refractivity contribution in [1.82, 2.24) is 0 Å². The van der Waals surface area contributed by atoms with Crippen LogP contribution < -0.4 is 4.74 Å². The van der Waals surface area contributed by atoms with Gasteiger partial charge >= 0.3 is 0 Å². The summed E-state index contributed by atoms with van der Waals surface area (Å²) in [5.74, 6) is -5.14. The molecule has 0 amide bonds. The van der Waals surface area contributed by atoms with Crippen molar-refractivity contribution in [3.8, 4) is 16.9 Å². The Kier molecular flexibility index (Phi) is 8.13. The highest BCUT2D eigenvalue weighted by Crippen LogP contribution is 2.39. The van der Waals surface area contributed by atoms with Gasteiger partial charge in [0.1, 0.15) is 0 Å². The van der Waals surface area contributed by atoms with Crippen LogP contribution >= 0.6 is 0 Å². The summed E-state index contributed by atoms with van der Waals surface area (Å²) < 4.78 is 69.4. The second kappa shape index (κ2) is 10.8. The van der Waals surface area contributed by atoms with Crippen molar-refractivity contribution in [1.29, 1.82) is 0 Å². The molecule has 0 unspecified atom stereocenters. The summed E-state index contributed by atoms with van der Waals surface area (Å²) >= 11 is 0. The van der Waals surface area contributed by atoms with E-state index in [2.05, 4.69) is 6.92 Å². The second-order valence-corrected chi connectivity index (χ2v) is 7.85. The number of rotatable bonds is 8. The lowest BCUT2D eigenvalue weighted by Gasteiger charge is -2.29. The molecule has 0 bridgehead atoms. The number of ether oxygens (including phenoxy) is 2. The summed E-state index contributed by atoms with van der Waals surface area (Å²) in [4.78, 5) is 0. The predicted molar refractivity (Wildman–Crippen MR) is 113 cm³/mol. The number of benzene rings is 2. The van der Waals surface area contributed by atoms with Gasteiger partial charge in [-0.25, -0.2) is 13.2 Å². The zero-order valence-corrected chi connectivity index (χ0v) is 17.9. The van der Waals surface area contributed by atoms with Crippen molar-refractivity contribution < 1.29 is 27.0 Å². The molecular formula is C25H28F4O2. The average Bonchev–Trinajstić information content (AvgIpc) is 2.78. The Bertz CT molecular complexity index is 918. The van der Waals surface area contributed by atoms with Gasteiger partial charge in [-0.1, -0.05) is 31.6 Å².